The molecule has 4 rings (SSSR count). The lowest BCUT2D eigenvalue weighted by atomic mass is 10.0. The van der Waals surface area contributed by atoms with E-state index in [2.05, 4.69) is 19.2 Å². The average molecular weight is 483 g/mol. The second-order valence-electron chi connectivity index (χ2n) is 7.42. The van der Waals surface area contributed by atoms with Gasteiger partial charge in [-0.15, -0.1) is 0 Å². The lowest BCUT2D eigenvalue weighted by Gasteiger charge is -2.29. The fraction of sp³-hybridized carbons (Fsp3) is 0.125. The molecule has 1 saturated heterocycles. The lowest BCUT2D eigenvalue weighted by molar-refractivity contribution is -0.122. The number of thiocarbonyl (C=S) groups is 1. The molecule has 2 amide bonds. The predicted molar refractivity (Wildman–Crippen MR) is 131 cm³/mol. The monoisotopic (exact) mass is 482 g/mol. The van der Waals surface area contributed by atoms with Gasteiger partial charge in [-0.3, -0.25) is 19.8 Å². The number of hydrogen-bond acceptors (Lipinski definition) is 5. The zero-order valence-corrected chi connectivity index (χ0v) is 19.7. The largest absolute Gasteiger partial charge is 0.450 e. The number of carbonyl (C=O) groups is 2. The van der Waals surface area contributed by atoms with E-state index in [4.69, 9.17) is 28.2 Å². The van der Waals surface area contributed by atoms with Crippen molar-refractivity contribution in [1.82, 2.24) is 5.32 Å². The van der Waals surface area contributed by atoms with Gasteiger partial charge in [0, 0.05) is 9.92 Å². The molecule has 0 atom stereocenters. The summed E-state index contributed by atoms with van der Waals surface area (Å²) in [5, 5.41) is 3.92. The van der Waals surface area contributed by atoms with E-state index >= 15 is 0 Å². The Hall–Kier alpha value is -2.87. The van der Waals surface area contributed by atoms with Gasteiger partial charge < -0.3 is 4.42 Å². The highest BCUT2D eigenvalue weighted by Crippen LogP contribution is 2.31. The number of rotatable bonds is 5. The van der Waals surface area contributed by atoms with Gasteiger partial charge in [-0.2, -0.15) is 0 Å². The van der Waals surface area contributed by atoms with Gasteiger partial charge in [0.15, 0.2) is 10.2 Å². The van der Waals surface area contributed by atoms with Crippen LogP contribution in [-0.2, 0) is 9.59 Å². The van der Waals surface area contributed by atoms with Gasteiger partial charge >= 0.3 is 0 Å². The topological polar surface area (TPSA) is 62.6 Å². The fourth-order valence-electron chi connectivity index (χ4n) is 3.13. The first kappa shape index (κ1) is 22.3. The first-order chi connectivity index (χ1) is 15.3. The third kappa shape index (κ3) is 4.80. The van der Waals surface area contributed by atoms with Crippen LogP contribution < -0.4 is 10.2 Å². The Balaban J connectivity index is 1.57. The molecule has 32 heavy (non-hydrogen) atoms. The minimum atomic E-state index is -0.557. The van der Waals surface area contributed by atoms with E-state index in [0.29, 0.717) is 27.5 Å². The summed E-state index contributed by atoms with van der Waals surface area (Å²) < 4.78 is 5.80. The molecule has 0 radical (unpaired) electrons. The molecule has 8 heteroatoms. The highest BCUT2D eigenvalue weighted by molar-refractivity contribution is 7.99. The van der Waals surface area contributed by atoms with Crippen molar-refractivity contribution in [3.8, 4) is 0 Å². The van der Waals surface area contributed by atoms with E-state index in [9.17, 15) is 9.59 Å². The molecule has 0 aliphatic carbocycles. The van der Waals surface area contributed by atoms with Crippen LogP contribution in [0, 0.1) is 0 Å². The Kier molecular flexibility index (Phi) is 6.50. The van der Waals surface area contributed by atoms with E-state index in [1.165, 1.54) is 22.7 Å². The van der Waals surface area contributed by atoms with Gasteiger partial charge in [0.05, 0.1) is 5.69 Å². The predicted octanol–water partition coefficient (Wildman–Crippen LogP) is 6.04. The molecule has 0 saturated carbocycles. The number of halogens is 1. The number of hydrogen-bond donors (Lipinski definition) is 1. The van der Waals surface area contributed by atoms with Gasteiger partial charge in [-0.05, 0) is 78.3 Å². The van der Waals surface area contributed by atoms with Crippen LogP contribution in [0.5, 0.6) is 0 Å². The summed E-state index contributed by atoms with van der Waals surface area (Å²) >= 11 is 12.6. The highest BCUT2D eigenvalue weighted by atomic mass is 35.5. The Bertz CT molecular complexity index is 1210. The Morgan fingerprint density at radius 3 is 2.38 bits per heavy atom. The van der Waals surface area contributed by atoms with Crippen LogP contribution in [0.1, 0.15) is 31.1 Å². The molecule has 1 aliphatic rings. The number of nitrogens with one attached hydrogen (secondary N) is 1. The SMILES string of the molecule is CC(C)c1ccc(N2C(=O)/C(=C/c3ccc(Sc4ccc(Cl)cc4)o3)C(=O)NC2=S)cc1. The zero-order chi connectivity index (χ0) is 22.8. The van der Waals surface area contributed by atoms with Crippen molar-refractivity contribution >= 4 is 64.3 Å². The Morgan fingerprint density at radius 2 is 1.72 bits per heavy atom. The Labute approximate surface area is 200 Å². The fourth-order valence-corrected chi connectivity index (χ4v) is 4.31. The summed E-state index contributed by atoms with van der Waals surface area (Å²) in [6.07, 6.45) is 1.43. The van der Waals surface area contributed by atoms with Gasteiger partial charge in [-0.25, -0.2) is 0 Å². The van der Waals surface area contributed by atoms with Gasteiger partial charge in [-0.1, -0.05) is 49.3 Å². The summed E-state index contributed by atoms with van der Waals surface area (Å²) in [5.41, 5.74) is 1.68. The third-order valence-corrected chi connectivity index (χ3v) is 6.31. The van der Waals surface area contributed by atoms with Crippen molar-refractivity contribution in [3.05, 3.63) is 82.6 Å². The van der Waals surface area contributed by atoms with Crippen LogP contribution in [-0.4, -0.2) is 16.9 Å². The first-order valence-electron chi connectivity index (χ1n) is 9.86. The first-order valence-corrected chi connectivity index (χ1v) is 11.5. The number of furan rings is 1. The third-order valence-electron chi connectivity index (χ3n) is 4.84. The van der Waals surface area contributed by atoms with Crippen LogP contribution in [0.25, 0.3) is 6.08 Å². The normalized spacial score (nSPS) is 15.6. The van der Waals surface area contributed by atoms with Crippen molar-refractivity contribution in [3.63, 3.8) is 0 Å². The highest BCUT2D eigenvalue weighted by Gasteiger charge is 2.34. The summed E-state index contributed by atoms with van der Waals surface area (Å²) in [5.74, 6) is -0.303. The molecular weight excluding hydrogens is 464 g/mol. The van der Waals surface area contributed by atoms with Crippen molar-refractivity contribution < 1.29 is 14.0 Å². The van der Waals surface area contributed by atoms with Crippen LogP contribution >= 0.6 is 35.6 Å². The van der Waals surface area contributed by atoms with Gasteiger partial charge in [0.1, 0.15) is 11.3 Å². The smallest absolute Gasteiger partial charge is 0.270 e. The summed E-state index contributed by atoms with van der Waals surface area (Å²) in [6, 6.07) is 18.4. The maximum Gasteiger partial charge on any atom is 0.270 e. The summed E-state index contributed by atoms with van der Waals surface area (Å²) in [6.45, 7) is 4.19. The second kappa shape index (κ2) is 9.32. The van der Waals surface area contributed by atoms with Crippen LogP contribution in [0.3, 0.4) is 0 Å². The van der Waals surface area contributed by atoms with Crippen molar-refractivity contribution in [1.29, 1.82) is 0 Å². The summed E-state index contributed by atoms with van der Waals surface area (Å²) in [7, 11) is 0. The molecule has 3 aromatic rings. The lowest BCUT2D eigenvalue weighted by Crippen LogP contribution is -2.54. The maximum absolute atomic E-state index is 13.1. The maximum atomic E-state index is 13.1. The second-order valence-corrected chi connectivity index (χ2v) is 9.32. The molecule has 5 nitrogen and oxygen atoms in total. The quantitative estimate of drug-likeness (QED) is 0.273. The number of amides is 2. The molecular formula is C24H19ClN2O3S2. The van der Waals surface area contributed by atoms with Gasteiger partial charge in [0.2, 0.25) is 0 Å². The number of carbonyl (C=O) groups excluding carboxylic acids is 2. The minimum absolute atomic E-state index is 0.0490. The van der Waals surface area contributed by atoms with Crippen LogP contribution in [0.15, 0.2) is 80.6 Å². The van der Waals surface area contributed by atoms with Gasteiger partial charge in [0.25, 0.3) is 11.8 Å². The van der Waals surface area contributed by atoms with E-state index in [-0.39, 0.29) is 10.7 Å². The molecule has 1 N–H and O–H groups in total. The number of anilines is 1. The van der Waals surface area contributed by atoms with E-state index in [1.807, 2.05) is 36.4 Å². The molecule has 1 fully saturated rings. The molecule has 1 aromatic heterocycles. The molecule has 2 aromatic carbocycles. The molecule has 0 bridgehead atoms. The average Bonchev–Trinajstić information content (AvgIpc) is 3.20. The van der Waals surface area contributed by atoms with Crippen LogP contribution in [0.2, 0.25) is 5.02 Å². The Morgan fingerprint density at radius 1 is 1.03 bits per heavy atom. The van der Waals surface area contributed by atoms with E-state index in [1.54, 1.807) is 24.3 Å². The number of benzene rings is 2. The molecule has 1 aliphatic heterocycles. The number of nitrogens with zero attached hydrogens (tertiary/aromatic N) is 1. The zero-order valence-electron chi connectivity index (χ0n) is 17.3. The molecule has 0 spiro atoms. The van der Waals surface area contributed by atoms with E-state index < -0.39 is 11.8 Å². The van der Waals surface area contributed by atoms with Crippen molar-refractivity contribution in [2.45, 2.75) is 29.8 Å². The molecule has 0 unspecified atom stereocenters. The van der Waals surface area contributed by atoms with E-state index in [0.717, 1.165) is 10.5 Å². The van der Waals surface area contributed by atoms with Crippen LogP contribution in [0.4, 0.5) is 5.69 Å². The standard InChI is InChI=1S/C24H19ClN2O3S2/c1-14(2)15-3-7-17(8-4-15)27-23(29)20(22(28)26-24(27)31)13-18-9-12-21(30-18)32-19-10-5-16(25)6-11-19/h3-14H,1-2H3,(H,26,28,31)/b20-13+. The minimum Gasteiger partial charge on any atom is -0.450 e. The molecule has 162 valence electrons. The molecule has 2 heterocycles. The van der Waals surface area contributed by atoms with Crippen molar-refractivity contribution in [2.24, 2.45) is 0 Å². The van der Waals surface area contributed by atoms with Crippen molar-refractivity contribution in [2.75, 3.05) is 4.90 Å². The summed E-state index contributed by atoms with van der Waals surface area (Å²) in [4.78, 5) is 27.9.